The Hall–Kier alpha value is -6.32. The average Bonchev–Trinajstić information content (AvgIpc) is 3.82. The predicted molar refractivity (Wildman–Crippen MR) is 197 cm³/mol. The monoisotopic (exact) mass is 599 g/mol. The second-order valence-electron chi connectivity index (χ2n) is 12.2. The first-order chi connectivity index (χ1) is 23.3. The van der Waals surface area contributed by atoms with E-state index >= 15 is 0 Å². The fraction of sp³-hybridized carbons (Fsp3) is 0. The molecule has 0 fully saturated rings. The predicted octanol–water partition coefficient (Wildman–Crippen LogP) is 11.5. The van der Waals surface area contributed by atoms with Gasteiger partial charge in [0.1, 0.15) is 0 Å². The largest absolute Gasteiger partial charge is 0.316 e. The van der Waals surface area contributed by atoms with Gasteiger partial charge in [0.2, 0.25) is 0 Å². The molecule has 0 aliphatic carbocycles. The highest BCUT2D eigenvalue weighted by Gasteiger charge is 2.17. The molecule has 0 atom stereocenters. The summed E-state index contributed by atoms with van der Waals surface area (Å²) < 4.78 is 7.11. The van der Waals surface area contributed by atoms with Crippen LogP contribution in [-0.4, -0.2) is 13.7 Å². The van der Waals surface area contributed by atoms with Crippen molar-refractivity contribution in [1.29, 1.82) is 0 Å². The Balaban J connectivity index is 1.12. The Morgan fingerprint density at radius 1 is 0.298 bits per heavy atom. The number of nitrogens with zero attached hydrogens (tertiary/aromatic N) is 3. The molecule has 47 heavy (non-hydrogen) atoms. The Bertz CT molecular complexity index is 2760. The molecule has 10 aromatic rings. The second kappa shape index (κ2) is 10.1. The van der Waals surface area contributed by atoms with E-state index in [-0.39, 0.29) is 0 Å². The van der Waals surface area contributed by atoms with E-state index in [4.69, 9.17) is 0 Å². The lowest BCUT2D eigenvalue weighted by atomic mass is 10.0. The smallest absolute Gasteiger partial charge is 0.0635 e. The van der Waals surface area contributed by atoms with E-state index in [1.165, 1.54) is 71.3 Å². The molecular weight excluding hydrogens is 571 g/mol. The summed E-state index contributed by atoms with van der Waals surface area (Å²) in [5, 5.41) is 6.31. The summed E-state index contributed by atoms with van der Waals surface area (Å²) in [6.45, 7) is 0. The van der Waals surface area contributed by atoms with E-state index in [2.05, 4.69) is 190 Å². The Labute approximate surface area is 271 Å². The molecule has 0 N–H and O–H groups in total. The molecule has 0 unspecified atom stereocenters. The molecule has 0 saturated carbocycles. The summed E-state index contributed by atoms with van der Waals surface area (Å²) in [5.74, 6) is 0. The summed E-state index contributed by atoms with van der Waals surface area (Å²) in [4.78, 5) is 0. The van der Waals surface area contributed by atoms with Crippen LogP contribution in [-0.2, 0) is 0 Å². The zero-order valence-corrected chi connectivity index (χ0v) is 25.6. The zero-order chi connectivity index (χ0) is 30.9. The summed E-state index contributed by atoms with van der Waals surface area (Å²) in [6.07, 6.45) is 2.21. The maximum Gasteiger partial charge on any atom is 0.0635 e. The molecule has 0 radical (unpaired) electrons. The third-order valence-corrected chi connectivity index (χ3v) is 9.68. The molecular formula is C44H29N3. The minimum absolute atomic E-state index is 1.14. The molecule has 220 valence electrons. The third kappa shape index (κ3) is 3.87. The molecule has 0 spiro atoms. The Kier molecular flexibility index (Phi) is 5.57. The van der Waals surface area contributed by atoms with Gasteiger partial charge in [0, 0.05) is 50.2 Å². The van der Waals surface area contributed by atoms with Crippen molar-refractivity contribution < 1.29 is 0 Å². The van der Waals surface area contributed by atoms with Gasteiger partial charge in [0.05, 0.1) is 27.6 Å². The molecule has 7 aromatic carbocycles. The Morgan fingerprint density at radius 2 is 0.872 bits per heavy atom. The summed E-state index contributed by atoms with van der Waals surface area (Å²) in [5.41, 5.74) is 12.0. The quantitative estimate of drug-likeness (QED) is 0.191. The van der Waals surface area contributed by atoms with E-state index in [1.54, 1.807) is 0 Å². The molecule has 3 aromatic heterocycles. The lowest BCUT2D eigenvalue weighted by molar-refractivity contribution is 1.11. The van der Waals surface area contributed by atoms with Crippen LogP contribution in [0.25, 0.3) is 82.7 Å². The van der Waals surface area contributed by atoms with Crippen LogP contribution in [0.3, 0.4) is 0 Å². The maximum atomic E-state index is 2.41. The van der Waals surface area contributed by atoms with Gasteiger partial charge in [-0.25, -0.2) is 0 Å². The van der Waals surface area contributed by atoms with Crippen LogP contribution in [0.4, 0.5) is 0 Å². The van der Waals surface area contributed by atoms with E-state index < -0.39 is 0 Å². The van der Waals surface area contributed by atoms with E-state index in [0.717, 1.165) is 11.4 Å². The minimum atomic E-state index is 1.14. The van der Waals surface area contributed by atoms with Crippen molar-refractivity contribution in [3.63, 3.8) is 0 Å². The van der Waals surface area contributed by atoms with E-state index in [9.17, 15) is 0 Å². The molecule has 0 aliphatic heterocycles. The first kappa shape index (κ1) is 26.0. The average molecular weight is 600 g/mol. The SMILES string of the molecule is c1ccc(-c2ccc3c(c2)c2ccccc2n3-c2ccc(-n3ccc4c3ccc3c5ccccc5n(-c5ccccc5)c34)cc2)cc1. The van der Waals surface area contributed by atoms with Crippen LogP contribution in [0.15, 0.2) is 176 Å². The number of fused-ring (bicyclic) bond motifs is 8. The first-order valence-electron chi connectivity index (χ1n) is 16.1. The zero-order valence-electron chi connectivity index (χ0n) is 25.6. The maximum absolute atomic E-state index is 2.41. The van der Waals surface area contributed by atoms with Gasteiger partial charge in [-0.15, -0.1) is 0 Å². The van der Waals surface area contributed by atoms with Crippen LogP contribution in [0, 0.1) is 0 Å². The van der Waals surface area contributed by atoms with Crippen LogP contribution in [0.1, 0.15) is 0 Å². The number of aromatic nitrogens is 3. The van der Waals surface area contributed by atoms with Crippen molar-refractivity contribution >= 4 is 54.5 Å². The molecule has 3 heterocycles. The Morgan fingerprint density at radius 3 is 1.64 bits per heavy atom. The normalized spacial score (nSPS) is 11.8. The van der Waals surface area contributed by atoms with Crippen molar-refractivity contribution in [3.05, 3.63) is 176 Å². The number of para-hydroxylation sites is 3. The second-order valence-corrected chi connectivity index (χ2v) is 12.2. The van der Waals surface area contributed by atoms with Crippen molar-refractivity contribution in [3.8, 4) is 28.2 Å². The van der Waals surface area contributed by atoms with Crippen molar-refractivity contribution in [2.75, 3.05) is 0 Å². The number of hydrogen-bond donors (Lipinski definition) is 0. The fourth-order valence-corrected chi connectivity index (χ4v) is 7.57. The van der Waals surface area contributed by atoms with Crippen LogP contribution >= 0.6 is 0 Å². The van der Waals surface area contributed by atoms with E-state index in [0.29, 0.717) is 0 Å². The number of rotatable bonds is 4. The van der Waals surface area contributed by atoms with Gasteiger partial charge in [-0.05, 0) is 83.9 Å². The van der Waals surface area contributed by atoms with Crippen molar-refractivity contribution in [2.45, 2.75) is 0 Å². The standard InChI is InChI=1S/C44H29N3/c1-3-11-30(12-4-1)31-19-25-43-39(29-31)36-16-8-9-17-41(36)46(43)34-22-20-32(21-23-34)45-28-27-38-40(45)26-24-37-35-15-7-10-18-42(35)47(44(37)38)33-13-5-2-6-14-33/h1-29H. The van der Waals surface area contributed by atoms with Crippen LogP contribution in [0.5, 0.6) is 0 Å². The van der Waals surface area contributed by atoms with Gasteiger partial charge in [-0.2, -0.15) is 0 Å². The van der Waals surface area contributed by atoms with Gasteiger partial charge in [0.15, 0.2) is 0 Å². The number of hydrogen-bond acceptors (Lipinski definition) is 0. The summed E-state index contributed by atoms with van der Waals surface area (Å²) in [6, 6.07) is 61.4. The molecule has 0 bridgehead atoms. The molecule has 10 rings (SSSR count). The molecule has 0 saturated heterocycles. The molecule has 3 heteroatoms. The first-order valence-corrected chi connectivity index (χ1v) is 16.1. The van der Waals surface area contributed by atoms with Gasteiger partial charge in [-0.3, -0.25) is 0 Å². The lowest BCUT2D eigenvalue weighted by Gasteiger charge is -2.12. The van der Waals surface area contributed by atoms with Gasteiger partial charge in [0.25, 0.3) is 0 Å². The summed E-state index contributed by atoms with van der Waals surface area (Å²) >= 11 is 0. The van der Waals surface area contributed by atoms with Gasteiger partial charge >= 0.3 is 0 Å². The molecule has 0 aliphatic rings. The summed E-state index contributed by atoms with van der Waals surface area (Å²) in [7, 11) is 0. The van der Waals surface area contributed by atoms with Gasteiger partial charge in [-0.1, -0.05) is 97.1 Å². The van der Waals surface area contributed by atoms with Crippen molar-refractivity contribution in [1.82, 2.24) is 13.7 Å². The highest BCUT2D eigenvalue weighted by Crippen LogP contribution is 2.38. The topological polar surface area (TPSA) is 14.8 Å². The highest BCUT2D eigenvalue weighted by molar-refractivity contribution is 6.18. The van der Waals surface area contributed by atoms with Crippen LogP contribution < -0.4 is 0 Å². The highest BCUT2D eigenvalue weighted by atomic mass is 15.0. The van der Waals surface area contributed by atoms with Gasteiger partial charge < -0.3 is 13.7 Å². The van der Waals surface area contributed by atoms with Crippen LogP contribution in [0.2, 0.25) is 0 Å². The fourth-order valence-electron chi connectivity index (χ4n) is 7.57. The molecule has 0 amide bonds. The third-order valence-electron chi connectivity index (χ3n) is 9.68. The van der Waals surface area contributed by atoms with Crippen molar-refractivity contribution in [2.24, 2.45) is 0 Å². The van der Waals surface area contributed by atoms with E-state index in [1.807, 2.05) is 0 Å². The number of benzene rings is 7. The lowest BCUT2D eigenvalue weighted by Crippen LogP contribution is -1.97. The molecule has 3 nitrogen and oxygen atoms in total. The minimum Gasteiger partial charge on any atom is -0.316 e.